The number of cyclic esters (lactones) is 2. The number of hydrogen-bond acceptors (Lipinski definition) is 3. The zero-order chi connectivity index (χ0) is 7.56. The maximum atomic E-state index is 10.5. The molecule has 0 saturated carbocycles. The zero-order valence-corrected chi connectivity index (χ0v) is 7.83. The Kier molecular flexibility index (Phi) is 2.76. The van der Waals surface area contributed by atoms with Gasteiger partial charge in [0.2, 0.25) is 0 Å². The molecule has 58 valence electrons. The summed E-state index contributed by atoms with van der Waals surface area (Å²) in [4.78, 5) is 10.5. The molecule has 0 radical (unpaired) electrons. The standard InChI is InChI=1S/C6H9IO3/c1-4-5(2-3-7)10-6(8)9-4/h4-5H,2-3H2,1H3. The van der Waals surface area contributed by atoms with Gasteiger partial charge in [-0.1, -0.05) is 22.6 Å². The highest BCUT2D eigenvalue weighted by Gasteiger charge is 2.31. The van der Waals surface area contributed by atoms with E-state index in [1.807, 2.05) is 6.92 Å². The van der Waals surface area contributed by atoms with Crippen molar-refractivity contribution in [2.45, 2.75) is 25.6 Å². The molecule has 1 rings (SSSR count). The van der Waals surface area contributed by atoms with E-state index in [2.05, 4.69) is 22.6 Å². The van der Waals surface area contributed by atoms with E-state index in [9.17, 15) is 4.79 Å². The first kappa shape index (κ1) is 8.10. The molecule has 0 aliphatic carbocycles. The summed E-state index contributed by atoms with van der Waals surface area (Å²) in [6, 6.07) is 0. The number of halogens is 1. The summed E-state index contributed by atoms with van der Waals surface area (Å²) in [5.41, 5.74) is 0. The van der Waals surface area contributed by atoms with Crippen LogP contribution in [0.5, 0.6) is 0 Å². The van der Waals surface area contributed by atoms with E-state index in [1.165, 1.54) is 0 Å². The molecule has 1 fully saturated rings. The van der Waals surface area contributed by atoms with E-state index in [0.29, 0.717) is 0 Å². The normalized spacial score (nSPS) is 31.6. The molecule has 0 spiro atoms. The second-order valence-electron chi connectivity index (χ2n) is 2.21. The van der Waals surface area contributed by atoms with E-state index in [0.717, 1.165) is 10.8 Å². The number of ether oxygens (including phenoxy) is 2. The van der Waals surface area contributed by atoms with Crippen LogP contribution < -0.4 is 0 Å². The molecule has 0 aromatic rings. The van der Waals surface area contributed by atoms with Gasteiger partial charge < -0.3 is 9.47 Å². The lowest BCUT2D eigenvalue weighted by Gasteiger charge is -2.07. The lowest BCUT2D eigenvalue weighted by molar-refractivity contribution is 0.116. The fraction of sp³-hybridized carbons (Fsp3) is 0.833. The van der Waals surface area contributed by atoms with Crippen molar-refractivity contribution in [3.05, 3.63) is 0 Å². The van der Waals surface area contributed by atoms with Gasteiger partial charge in [0.25, 0.3) is 0 Å². The monoisotopic (exact) mass is 256 g/mol. The highest BCUT2D eigenvalue weighted by atomic mass is 127. The van der Waals surface area contributed by atoms with Gasteiger partial charge in [-0.25, -0.2) is 4.79 Å². The van der Waals surface area contributed by atoms with Crippen molar-refractivity contribution >= 4 is 28.7 Å². The number of rotatable bonds is 2. The predicted octanol–water partition coefficient (Wildman–Crippen LogP) is 1.74. The van der Waals surface area contributed by atoms with Crippen molar-refractivity contribution in [1.29, 1.82) is 0 Å². The average Bonchev–Trinajstić information content (AvgIpc) is 2.13. The van der Waals surface area contributed by atoms with E-state index in [1.54, 1.807) is 0 Å². The van der Waals surface area contributed by atoms with Crippen molar-refractivity contribution in [3.8, 4) is 0 Å². The second kappa shape index (κ2) is 3.41. The number of hydrogen-bond donors (Lipinski definition) is 0. The van der Waals surface area contributed by atoms with Gasteiger partial charge in [0.15, 0.2) is 0 Å². The molecule has 4 heteroatoms. The van der Waals surface area contributed by atoms with Gasteiger partial charge >= 0.3 is 6.16 Å². The van der Waals surface area contributed by atoms with E-state index in [-0.39, 0.29) is 12.2 Å². The van der Waals surface area contributed by atoms with Gasteiger partial charge in [0.05, 0.1) is 0 Å². The van der Waals surface area contributed by atoms with Gasteiger partial charge in [-0.15, -0.1) is 0 Å². The fourth-order valence-electron chi connectivity index (χ4n) is 0.876. The minimum atomic E-state index is -0.526. The highest BCUT2D eigenvalue weighted by molar-refractivity contribution is 14.1. The van der Waals surface area contributed by atoms with Crippen molar-refractivity contribution in [3.63, 3.8) is 0 Å². The molecule has 0 aromatic heterocycles. The molecule has 2 atom stereocenters. The summed E-state index contributed by atoms with van der Waals surface area (Å²) in [6.07, 6.45) is 0.266. The van der Waals surface area contributed by atoms with Gasteiger partial charge in [0.1, 0.15) is 12.2 Å². The summed E-state index contributed by atoms with van der Waals surface area (Å²) < 4.78 is 10.6. The maximum absolute atomic E-state index is 10.5. The van der Waals surface area contributed by atoms with Crippen LogP contribution in [-0.2, 0) is 9.47 Å². The summed E-state index contributed by atoms with van der Waals surface area (Å²) in [5.74, 6) is 0. The van der Waals surface area contributed by atoms with Gasteiger partial charge in [-0.3, -0.25) is 0 Å². The zero-order valence-electron chi connectivity index (χ0n) is 5.67. The van der Waals surface area contributed by atoms with Crippen molar-refractivity contribution < 1.29 is 14.3 Å². The van der Waals surface area contributed by atoms with Crippen molar-refractivity contribution in [2.75, 3.05) is 4.43 Å². The summed E-state index contributed by atoms with van der Waals surface area (Å²) in [7, 11) is 0. The van der Waals surface area contributed by atoms with Crippen molar-refractivity contribution in [2.24, 2.45) is 0 Å². The fourth-order valence-corrected chi connectivity index (χ4v) is 1.49. The number of alkyl halides is 1. The van der Waals surface area contributed by atoms with E-state index < -0.39 is 6.16 Å². The van der Waals surface area contributed by atoms with E-state index in [4.69, 9.17) is 9.47 Å². The molecule has 0 aromatic carbocycles. The SMILES string of the molecule is CC1OC(=O)OC1CCI. The summed E-state index contributed by atoms with van der Waals surface area (Å²) in [5, 5.41) is 0. The van der Waals surface area contributed by atoms with Crippen LogP contribution in [0.4, 0.5) is 4.79 Å². The predicted molar refractivity (Wildman–Crippen MR) is 44.3 cm³/mol. The van der Waals surface area contributed by atoms with Crippen LogP contribution in [0.1, 0.15) is 13.3 Å². The third-order valence-corrected chi connectivity index (χ3v) is 2.07. The Hall–Kier alpha value is 0. The molecule has 1 saturated heterocycles. The quantitative estimate of drug-likeness (QED) is 0.429. The molecule has 1 heterocycles. The number of carbonyl (C=O) groups is 1. The molecule has 1 aliphatic rings. The molecule has 1 aliphatic heterocycles. The maximum Gasteiger partial charge on any atom is 0.509 e. The average molecular weight is 256 g/mol. The lowest BCUT2D eigenvalue weighted by Crippen LogP contribution is -2.18. The first-order valence-corrected chi connectivity index (χ1v) is 4.70. The molecule has 0 bridgehead atoms. The van der Waals surface area contributed by atoms with Crippen LogP contribution in [0.15, 0.2) is 0 Å². The Balaban J connectivity index is 2.38. The van der Waals surface area contributed by atoms with Gasteiger partial charge in [0, 0.05) is 4.43 Å². The third kappa shape index (κ3) is 1.74. The molecule has 10 heavy (non-hydrogen) atoms. The Morgan fingerprint density at radius 2 is 2.30 bits per heavy atom. The Labute approximate surface area is 73.2 Å². The summed E-state index contributed by atoms with van der Waals surface area (Å²) in [6.45, 7) is 1.85. The van der Waals surface area contributed by atoms with Crippen LogP contribution in [-0.4, -0.2) is 22.8 Å². The topological polar surface area (TPSA) is 35.5 Å². The Morgan fingerprint density at radius 3 is 2.70 bits per heavy atom. The smallest absolute Gasteiger partial charge is 0.427 e. The van der Waals surface area contributed by atoms with Gasteiger partial charge in [-0.05, 0) is 13.3 Å². The van der Waals surface area contributed by atoms with Gasteiger partial charge in [-0.2, -0.15) is 0 Å². The minimum absolute atomic E-state index is 0.0237. The first-order chi connectivity index (χ1) is 4.74. The van der Waals surface area contributed by atoms with Crippen LogP contribution in [0, 0.1) is 0 Å². The molecule has 3 nitrogen and oxygen atoms in total. The molecular weight excluding hydrogens is 247 g/mol. The highest BCUT2D eigenvalue weighted by Crippen LogP contribution is 2.17. The minimum Gasteiger partial charge on any atom is -0.427 e. The van der Waals surface area contributed by atoms with Crippen LogP contribution in [0.3, 0.4) is 0 Å². The Bertz CT molecular complexity index is 137. The third-order valence-electron chi connectivity index (χ3n) is 1.45. The molecule has 0 N–H and O–H groups in total. The number of carbonyl (C=O) groups excluding carboxylic acids is 1. The summed E-state index contributed by atoms with van der Waals surface area (Å²) >= 11 is 2.25. The largest absolute Gasteiger partial charge is 0.509 e. The Morgan fingerprint density at radius 1 is 1.60 bits per heavy atom. The van der Waals surface area contributed by atoms with E-state index >= 15 is 0 Å². The molecule has 0 amide bonds. The molecule has 2 unspecified atom stereocenters. The second-order valence-corrected chi connectivity index (χ2v) is 3.29. The molecular formula is C6H9IO3. The van der Waals surface area contributed by atoms with Crippen LogP contribution in [0.25, 0.3) is 0 Å². The van der Waals surface area contributed by atoms with Crippen LogP contribution >= 0.6 is 22.6 Å². The van der Waals surface area contributed by atoms with Crippen molar-refractivity contribution in [1.82, 2.24) is 0 Å². The first-order valence-electron chi connectivity index (χ1n) is 3.17. The van der Waals surface area contributed by atoms with Crippen LogP contribution in [0.2, 0.25) is 0 Å². The lowest BCUT2D eigenvalue weighted by atomic mass is 10.2.